The number of nitrogens with one attached hydrogen (secondary N) is 2. The van der Waals surface area contributed by atoms with Gasteiger partial charge in [0.25, 0.3) is 5.91 Å². The molecular formula is C15H20F2N2O2. The average Bonchev–Trinajstić information content (AvgIpc) is 2.51. The van der Waals surface area contributed by atoms with Crippen molar-refractivity contribution >= 4 is 5.91 Å². The second kappa shape index (κ2) is 7.47. The van der Waals surface area contributed by atoms with E-state index in [4.69, 9.17) is 4.74 Å². The molecule has 1 heterocycles. The summed E-state index contributed by atoms with van der Waals surface area (Å²) in [7, 11) is 1.53. The fraction of sp³-hybridized carbons (Fsp3) is 0.533. The van der Waals surface area contributed by atoms with E-state index in [0.29, 0.717) is 18.7 Å². The summed E-state index contributed by atoms with van der Waals surface area (Å²) >= 11 is 0. The number of hydrogen-bond acceptors (Lipinski definition) is 3. The Kier molecular flexibility index (Phi) is 5.64. The number of piperidine rings is 1. The predicted octanol–water partition coefficient (Wildman–Crippen LogP) is 1.81. The fourth-order valence-electron chi connectivity index (χ4n) is 2.54. The number of carbonyl (C=O) groups excluding carboxylic acids is 1. The molecule has 4 nitrogen and oxygen atoms in total. The minimum Gasteiger partial charge on any atom is -0.383 e. The second-order valence-electron chi connectivity index (χ2n) is 5.13. The average molecular weight is 298 g/mol. The first kappa shape index (κ1) is 15.9. The Labute approximate surface area is 122 Å². The third kappa shape index (κ3) is 3.98. The zero-order valence-corrected chi connectivity index (χ0v) is 12.0. The van der Waals surface area contributed by atoms with Gasteiger partial charge < -0.3 is 15.4 Å². The van der Waals surface area contributed by atoms with Gasteiger partial charge in [0.05, 0.1) is 6.61 Å². The van der Waals surface area contributed by atoms with Crippen LogP contribution < -0.4 is 10.6 Å². The van der Waals surface area contributed by atoms with E-state index in [1.165, 1.54) is 13.2 Å². The van der Waals surface area contributed by atoms with Crippen LogP contribution in [0.15, 0.2) is 12.1 Å². The van der Waals surface area contributed by atoms with Crippen LogP contribution in [0.25, 0.3) is 0 Å². The van der Waals surface area contributed by atoms with Gasteiger partial charge in [0.15, 0.2) is 11.6 Å². The highest BCUT2D eigenvalue weighted by atomic mass is 19.2. The number of methoxy groups -OCH3 is 1. The summed E-state index contributed by atoms with van der Waals surface area (Å²) in [5.41, 5.74) is 0.451. The molecule has 1 aromatic rings. The van der Waals surface area contributed by atoms with Gasteiger partial charge in [-0.2, -0.15) is 0 Å². The van der Waals surface area contributed by atoms with Gasteiger partial charge in [0, 0.05) is 19.2 Å². The topological polar surface area (TPSA) is 50.4 Å². The van der Waals surface area contributed by atoms with Crippen LogP contribution in [0.4, 0.5) is 8.78 Å². The van der Waals surface area contributed by atoms with E-state index in [0.717, 1.165) is 32.0 Å². The molecule has 0 atom stereocenters. The summed E-state index contributed by atoms with van der Waals surface area (Å²) in [6, 6.07) is 2.42. The molecule has 2 N–H and O–H groups in total. The third-order valence-electron chi connectivity index (χ3n) is 3.69. The Balaban J connectivity index is 2.19. The molecular weight excluding hydrogens is 278 g/mol. The van der Waals surface area contributed by atoms with E-state index in [1.807, 2.05) is 0 Å². The fourth-order valence-corrected chi connectivity index (χ4v) is 2.54. The molecule has 1 saturated heterocycles. The molecule has 0 aromatic heterocycles. The highest BCUT2D eigenvalue weighted by Gasteiger charge is 2.23. The summed E-state index contributed by atoms with van der Waals surface area (Å²) < 4.78 is 32.6. The minimum absolute atomic E-state index is 0.0486. The van der Waals surface area contributed by atoms with Crippen LogP contribution in [-0.2, 0) is 4.74 Å². The number of rotatable bonds is 5. The van der Waals surface area contributed by atoms with Crippen molar-refractivity contribution in [2.75, 3.05) is 33.4 Å². The lowest BCUT2D eigenvalue weighted by Crippen LogP contribution is -2.29. The normalized spacial score (nSPS) is 16.0. The highest BCUT2D eigenvalue weighted by Crippen LogP contribution is 2.29. The van der Waals surface area contributed by atoms with Crippen LogP contribution in [0.2, 0.25) is 0 Å². The first-order valence-electron chi connectivity index (χ1n) is 7.10. The molecule has 21 heavy (non-hydrogen) atoms. The number of ether oxygens (including phenoxy) is 1. The van der Waals surface area contributed by atoms with Crippen LogP contribution >= 0.6 is 0 Å². The van der Waals surface area contributed by atoms with Crippen molar-refractivity contribution in [3.05, 3.63) is 34.9 Å². The van der Waals surface area contributed by atoms with Crippen molar-refractivity contribution in [2.45, 2.75) is 18.8 Å². The van der Waals surface area contributed by atoms with Crippen molar-refractivity contribution in [1.29, 1.82) is 0 Å². The summed E-state index contributed by atoms with van der Waals surface area (Å²) in [5.74, 6) is -2.27. The lowest BCUT2D eigenvalue weighted by molar-refractivity contribution is 0.0936. The molecule has 1 aromatic carbocycles. The van der Waals surface area contributed by atoms with Crippen LogP contribution in [-0.4, -0.2) is 39.3 Å². The number of benzene rings is 1. The highest BCUT2D eigenvalue weighted by molar-refractivity contribution is 5.94. The van der Waals surface area contributed by atoms with Gasteiger partial charge in [-0.05, 0) is 49.5 Å². The number of amides is 1. The van der Waals surface area contributed by atoms with Gasteiger partial charge in [-0.15, -0.1) is 0 Å². The lowest BCUT2D eigenvalue weighted by Gasteiger charge is -2.24. The van der Waals surface area contributed by atoms with Crippen molar-refractivity contribution in [3.63, 3.8) is 0 Å². The Morgan fingerprint density at radius 3 is 2.76 bits per heavy atom. The molecule has 0 radical (unpaired) electrons. The Morgan fingerprint density at radius 2 is 2.10 bits per heavy atom. The SMILES string of the molecule is COCCNC(=O)c1cc(F)c(F)c(C2CCNCC2)c1. The smallest absolute Gasteiger partial charge is 0.251 e. The quantitative estimate of drug-likeness (QED) is 0.815. The summed E-state index contributed by atoms with van der Waals surface area (Å²) in [6.07, 6.45) is 1.48. The van der Waals surface area contributed by atoms with Gasteiger partial charge in [0.2, 0.25) is 0 Å². The number of hydrogen-bond donors (Lipinski definition) is 2. The van der Waals surface area contributed by atoms with Crippen molar-refractivity contribution < 1.29 is 18.3 Å². The first-order chi connectivity index (χ1) is 10.1. The summed E-state index contributed by atoms with van der Waals surface area (Å²) in [6.45, 7) is 2.25. The van der Waals surface area contributed by atoms with Gasteiger partial charge in [-0.1, -0.05) is 0 Å². The monoisotopic (exact) mass is 298 g/mol. The molecule has 1 amide bonds. The van der Waals surface area contributed by atoms with Gasteiger partial charge in [-0.3, -0.25) is 4.79 Å². The van der Waals surface area contributed by atoms with Crippen LogP contribution in [0, 0.1) is 11.6 Å². The van der Waals surface area contributed by atoms with Crippen LogP contribution in [0.3, 0.4) is 0 Å². The molecule has 0 spiro atoms. The molecule has 2 rings (SSSR count). The maximum absolute atomic E-state index is 14.0. The molecule has 0 saturated carbocycles. The molecule has 6 heteroatoms. The second-order valence-corrected chi connectivity index (χ2v) is 5.13. The molecule has 1 aliphatic heterocycles. The first-order valence-corrected chi connectivity index (χ1v) is 7.10. The summed E-state index contributed by atoms with van der Waals surface area (Å²) in [5, 5.41) is 5.79. The minimum atomic E-state index is -0.970. The van der Waals surface area contributed by atoms with Gasteiger partial charge in [-0.25, -0.2) is 8.78 Å². The molecule has 0 aliphatic carbocycles. The Hall–Kier alpha value is -1.53. The van der Waals surface area contributed by atoms with Crippen LogP contribution in [0.5, 0.6) is 0 Å². The van der Waals surface area contributed by atoms with Crippen LogP contribution in [0.1, 0.15) is 34.7 Å². The molecule has 1 fully saturated rings. The van der Waals surface area contributed by atoms with Crippen molar-refractivity contribution in [2.24, 2.45) is 0 Å². The molecule has 116 valence electrons. The zero-order valence-electron chi connectivity index (χ0n) is 12.0. The number of carbonyl (C=O) groups is 1. The maximum Gasteiger partial charge on any atom is 0.251 e. The standard InChI is InChI=1S/C15H20F2N2O2/c1-21-7-6-19-15(20)11-8-12(14(17)13(16)9-11)10-2-4-18-5-3-10/h8-10,18H,2-7H2,1H3,(H,19,20). The maximum atomic E-state index is 14.0. The van der Waals surface area contributed by atoms with Crippen molar-refractivity contribution in [1.82, 2.24) is 10.6 Å². The number of halogens is 2. The van der Waals surface area contributed by atoms with Gasteiger partial charge >= 0.3 is 0 Å². The summed E-state index contributed by atoms with van der Waals surface area (Å²) in [4.78, 5) is 11.9. The molecule has 0 unspecified atom stereocenters. The van der Waals surface area contributed by atoms with E-state index in [9.17, 15) is 13.6 Å². The molecule has 1 aliphatic rings. The third-order valence-corrected chi connectivity index (χ3v) is 3.69. The molecule has 0 bridgehead atoms. The van der Waals surface area contributed by atoms with Gasteiger partial charge in [0.1, 0.15) is 0 Å². The van der Waals surface area contributed by atoms with E-state index >= 15 is 0 Å². The lowest BCUT2D eigenvalue weighted by atomic mass is 9.88. The Morgan fingerprint density at radius 1 is 1.38 bits per heavy atom. The largest absolute Gasteiger partial charge is 0.383 e. The van der Waals surface area contributed by atoms with Crippen molar-refractivity contribution in [3.8, 4) is 0 Å². The predicted molar refractivity (Wildman–Crippen MR) is 75.4 cm³/mol. The zero-order chi connectivity index (χ0) is 15.2. The van der Waals surface area contributed by atoms with E-state index in [2.05, 4.69) is 10.6 Å². The van der Waals surface area contributed by atoms with E-state index in [-0.39, 0.29) is 11.5 Å². The Bertz CT molecular complexity index is 503. The van der Waals surface area contributed by atoms with E-state index < -0.39 is 17.5 Å². The van der Waals surface area contributed by atoms with E-state index in [1.54, 1.807) is 0 Å².